The third-order valence-electron chi connectivity index (χ3n) is 4.24. The molecule has 156 valence electrons. The van der Waals surface area contributed by atoms with Crippen LogP contribution < -0.4 is 14.8 Å². The first-order valence-electron chi connectivity index (χ1n) is 9.17. The van der Waals surface area contributed by atoms with Gasteiger partial charge in [-0.15, -0.1) is 11.3 Å². The largest absolute Gasteiger partial charge is 0.497 e. The molecule has 0 spiro atoms. The molecule has 0 saturated heterocycles. The van der Waals surface area contributed by atoms with E-state index in [0.29, 0.717) is 28.4 Å². The summed E-state index contributed by atoms with van der Waals surface area (Å²) in [6, 6.07) is 12.6. The summed E-state index contributed by atoms with van der Waals surface area (Å²) in [5.41, 5.74) is 2.98. The zero-order chi connectivity index (χ0) is 21.5. The number of amides is 1. The van der Waals surface area contributed by atoms with Gasteiger partial charge in [0.15, 0.2) is 10.1 Å². The molecule has 0 radical (unpaired) electrons. The minimum atomic E-state index is -0.173. The number of nitrogens with zero attached hydrogens (tertiary/aromatic N) is 1. The van der Waals surface area contributed by atoms with E-state index < -0.39 is 0 Å². The van der Waals surface area contributed by atoms with Crippen molar-refractivity contribution in [3.63, 3.8) is 0 Å². The summed E-state index contributed by atoms with van der Waals surface area (Å²) in [6.45, 7) is 1.96. The van der Waals surface area contributed by atoms with E-state index in [2.05, 4.69) is 10.3 Å². The molecule has 2 aromatic carbocycles. The van der Waals surface area contributed by atoms with Crippen LogP contribution in [0.15, 0.2) is 52.2 Å². The van der Waals surface area contributed by atoms with Crippen LogP contribution in [-0.4, -0.2) is 36.6 Å². The number of carbonyl (C=O) groups is 2. The first kappa shape index (κ1) is 21.9. The van der Waals surface area contributed by atoms with Crippen molar-refractivity contribution in [2.75, 3.05) is 25.3 Å². The summed E-state index contributed by atoms with van der Waals surface area (Å²) in [6.07, 6.45) is 0.153. The number of rotatable bonds is 9. The van der Waals surface area contributed by atoms with Gasteiger partial charge in [-0.25, -0.2) is 4.98 Å². The number of nitrogens with one attached hydrogen (secondary N) is 1. The average Bonchev–Trinajstić information content (AvgIpc) is 3.20. The number of carbonyl (C=O) groups excluding carboxylic acids is 2. The van der Waals surface area contributed by atoms with Gasteiger partial charge in [0.05, 0.1) is 37.8 Å². The monoisotopic (exact) mass is 442 g/mol. The van der Waals surface area contributed by atoms with Crippen molar-refractivity contribution < 1.29 is 19.1 Å². The first-order chi connectivity index (χ1) is 14.5. The number of hydrogen-bond donors (Lipinski definition) is 1. The number of anilines is 1. The second-order valence-corrected chi connectivity index (χ2v) is 8.55. The molecule has 0 fully saturated rings. The number of thioether (sulfide) groups is 1. The van der Waals surface area contributed by atoms with Crippen LogP contribution >= 0.6 is 23.1 Å². The van der Waals surface area contributed by atoms with Gasteiger partial charge in [-0.1, -0.05) is 17.8 Å². The normalized spacial score (nSPS) is 10.5. The molecule has 3 rings (SSSR count). The zero-order valence-corrected chi connectivity index (χ0v) is 18.6. The molecule has 0 atom stereocenters. The van der Waals surface area contributed by atoms with Crippen LogP contribution in [0.4, 0.5) is 5.69 Å². The first-order valence-corrected chi connectivity index (χ1v) is 11.0. The van der Waals surface area contributed by atoms with Gasteiger partial charge < -0.3 is 14.8 Å². The summed E-state index contributed by atoms with van der Waals surface area (Å²) in [5.74, 6) is 1.46. The summed E-state index contributed by atoms with van der Waals surface area (Å²) >= 11 is 2.79. The van der Waals surface area contributed by atoms with Crippen LogP contribution in [0.2, 0.25) is 0 Å². The van der Waals surface area contributed by atoms with Gasteiger partial charge in [-0.3, -0.25) is 9.59 Å². The third-order valence-corrected chi connectivity index (χ3v) is 6.31. The molecule has 0 saturated carbocycles. The Labute approximate surface area is 183 Å². The maximum Gasteiger partial charge on any atom is 0.230 e. The summed E-state index contributed by atoms with van der Waals surface area (Å²) in [7, 11) is 3.16. The summed E-state index contributed by atoms with van der Waals surface area (Å²) in [4.78, 5) is 29.2. The predicted octanol–water partition coefficient (Wildman–Crippen LogP) is 4.62. The molecule has 6 nitrogen and oxygen atoms in total. The standard InChI is InChI=1S/C22H22N2O4S2/c1-14-4-9-18(20(10-14)28-3)24-21(26)11-16-12-29-22(23-16)30-13-19(25)15-5-7-17(27-2)8-6-15/h4-10,12H,11,13H2,1-3H3,(H,24,26). The fourth-order valence-electron chi connectivity index (χ4n) is 2.68. The van der Waals surface area contributed by atoms with Gasteiger partial charge in [0.25, 0.3) is 0 Å². The number of methoxy groups -OCH3 is 2. The van der Waals surface area contributed by atoms with E-state index in [9.17, 15) is 9.59 Å². The van der Waals surface area contributed by atoms with E-state index in [-0.39, 0.29) is 23.9 Å². The Morgan fingerprint density at radius 2 is 1.87 bits per heavy atom. The van der Waals surface area contributed by atoms with E-state index >= 15 is 0 Å². The quantitative estimate of drug-likeness (QED) is 0.385. The lowest BCUT2D eigenvalue weighted by Gasteiger charge is -2.10. The molecule has 0 aliphatic heterocycles. The fourth-order valence-corrected chi connectivity index (χ4v) is 4.42. The second-order valence-electron chi connectivity index (χ2n) is 6.47. The van der Waals surface area contributed by atoms with Gasteiger partial charge in [0.2, 0.25) is 5.91 Å². The molecular formula is C22H22N2O4S2. The maximum absolute atomic E-state index is 12.4. The second kappa shape index (κ2) is 10.3. The lowest BCUT2D eigenvalue weighted by atomic mass is 10.1. The minimum Gasteiger partial charge on any atom is -0.497 e. The minimum absolute atomic E-state index is 0.0172. The van der Waals surface area contributed by atoms with Crippen molar-refractivity contribution in [2.45, 2.75) is 17.7 Å². The van der Waals surface area contributed by atoms with E-state index in [0.717, 1.165) is 9.90 Å². The molecule has 3 aromatic rings. The van der Waals surface area contributed by atoms with Crippen molar-refractivity contribution in [3.8, 4) is 11.5 Å². The topological polar surface area (TPSA) is 77.5 Å². The summed E-state index contributed by atoms with van der Waals surface area (Å²) < 4.78 is 11.2. The van der Waals surface area contributed by atoms with Gasteiger partial charge >= 0.3 is 0 Å². The molecule has 1 amide bonds. The SMILES string of the molecule is COc1ccc(C(=O)CSc2nc(CC(=O)Nc3ccc(C)cc3OC)cs2)cc1. The Balaban J connectivity index is 1.53. The van der Waals surface area contributed by atoms with Crippen LogP contribution in [0.5, 0.6) is 11.5 Å². The average molecular weight is 443 g/mol. The van der Waals surface area contributed by atoms with Crippen LogP contribution in [-0.2, 0) is 11.2 Å². The molecule has 8 heteroatoms. The number of thiazole rings is 1. The Kier molecular flexibility index (Phi) is 7.48. The van der Waals surface area contributed by atoms with E-state index in [1.54, 1.807) is 38.5 Å². The molecule has 30 heavy (non-hydrogen) atoms. The smallest absolute Gasteiger partial charge is 0.230 e. The molecule has 0 aliphatic rings. The Morgan fingerprint density at radius 1 is 1.10 bits per heavy atom. The van der Waals surface area contributed by atoms with Crippen LogP contribution in [0.3, 0.4) is 0 Å². The van der Waals surface area contributed by atoms with Crippen molar-refractivity contribution in [2.24, 2.45) is 0 Å². The lowest BCUT2D eigenvalue weighted by molar-refractivity contribution is -0.115. The van der Waals surface area contributed by atoms with Gasteiger partial charge in [-0.05, 0) is 48.9 Å². The highest BCUT2D eigenvalue weighted by Crippen LogP contribution is 2.27. The number of hydrogen-bond acceptors (Lipinski definition) is 7. The van der Waals surface area contributed by atoms with Gasteiger partial charge in [-0.2, -0.15) is 0 Å². The number of ketones is 1. The number of aromatic nitrogens is 1. The zero-order valence-electron chi connectivity index (χ0n) is 16.9. The summed E-state index contributed by atoms with van der Waals surface area (Å²) in [5, 5.41) is 4.70. The molecule has 1 N–H and O–H groups in total. The Morgan fingerprint density at radius 3 is 2.57 bits per heavy atom. The van der Waals surface area contributed by atoms with Crippen molar-refractivity contribution in [1.82, 2.24) is 4.98 Å². The fraction of sp³-hybridized carbons (Fsp3) is 0.227. The highest BCUT2D eigenvalue weighted by Gasteiger charge is 2.13. The lowest BCUT2D eigenvalue weighted by Crippen LogP contribution is -2.15. The highest BCUT2D eigenvalue weighted by molar-refractivity contribution is 8.01. The van der Waals surface area contributed by atoms with Gasteiger partial charge in [0, 0.05) is 10.9 Å². The molecule has 0 aliphatic carbocycles. The Hall–Kier alpha value is -2.84. The highest BCUT2D eigenvalue weighted by atomic mass is 32.2. The number of Topliss-reactive ketones (excluding diaryl/α,β-unsaturated/α-hetero) is 1. The van der Waals surface area contributed by atoms with E-state index in [1.165, 1.54) is 23.1 Å². The van der Waals surface area contributed by atoms with Crippen LogP contribution in [0, 0.1) is 6.92 Å². The third kappa shape index (κ3) is 5.84. The molecule has 0 unspecified atom stereocenters. The van der Waals surface area contributed by atoms with Crippen molar-refractivity contribution >= 4 is 40.5 Å². The molecule has 1 heterocycles. The molecule has 0 bridgehead atoms. The number of benzene rings is 2. The van der Waals surface area contributed by atoms with Crippen LogP contribution in [0.1, 0.15) is 21.6 Å². The van der Waals surface area contributed by atoms with E-state index in [4.69, 9.17) is 9.47 Å². The van der Waals surface area contributed by atoms with Gasteiger partial charge in [0.1, 0.15) is 11.5 Å². The maximum atomic E-state index is 12.4. The van der Waals surface area contributed by atoms with Crippen molar-refractivity contribution in [1.29, 1.82) is 0 Å². The molecule has 1 aromatic heterocycles. The van der Waals surface area contributed by atoms with Crippen molar-refractivity contribution in [3.05, 3.63) is 64.7 Å². The van der Waals surface area contributed by atoms with Crippen LogP contribution in [0.25, 0.3) is 0 Å². The Bertz CT molecular complexity index is 1030. The molecular weight excluding hydrogens is 420 g/mol. The number of ether oxygens (including phenoxy) is 2. The van der Waals surface area contributed by atoms with E-state index in [1.807, 2.05) is 30.5 Å². The predicted molar refractivity (Wildman–Crippen MR) is 120 cm³/mol. The number of aryl methyl sites for hydroxylation is 1.